The predicted octanol–water partition coefficient (Wildman–Crippen LogP) is 1.63. The fourth-order valence-electron chi connectivity index (χ4n) is 1.80. The molecule has 4 heteroatoms. The Morgan fingerprint density at radius 1 is 1.14 bits per heavy atom. The number of para-hydroxylation sites is 1. The van der Waals surface area contributed by atoms with Gasteiger partial charge in [0.25, 0.3) is 5.91 Å². The van der Waals surface area contributed by atoms with Gasteiger partial charge in [-0.05, 0) is 29.8 Å². The molecule has 2 rings (SSSR count). The van der Waals surface area contributed by atoms with E-state index in [2.05, 4.69) is 17.2 Å². The molecular formula is C17H16N2O2. The number of carbonyl (C=O) groups excluding carboxylic acids is 1. The van der Waals surface area contributed by atoms with Crippen LogP contribution in [0, 0.1) is 11.8 Å². The van der Waals surface area contributed by atoms with Crippen LogP contribution < -0.4 is 11.1 Å². The molecule has 4 nitrogen and oxygen atoms in total. The lowest BCUT2D eigenvalue weighted by atomic mass is 10.1. The minimum Gasteiger partial charge on any atom is -0.507 e. The van der Waals surface area contributed by atoms with Crippen molar-refractivity contribution >= 4 is 5.91 Å². The maximum Gasteiger partial charge on any atom is 0.255 e. The number of phenols is 1. The van der Waals surface area contributed by atoms with Gasteiger partial charge in [-0.15, -0.1) is 0 Å². The van der Waals surface area contributed by atoms with Crippen molar-refractivity contribution in [3.63, 3.8) is 0 Å². The van der Waals surface area contributed by atoms with E-state index in [1.165, 1.54) is 6.07 Å². The largest absolute Gasteiger partial charge is 0.507 e. The second kappa shape index (κ2) is 7.13. The van der Waals surface area contributed by atoms with Crippen molar-refractivity contribution in [1.29, 1.82) is 0 Å². The van der Waals surface area contributed by atoms with Gasteiger partial charge in [-0.2, -0.15) is 0 Å². The molecule has 0 radical (unpaired) electrons. The Morgan fingerprint density at radius 2 is 1.86 bits per heavy atom. The molecule has 0 aromatic heterocycles. The van der Waals surface area contributed by atoms with E-state index in [1.807, 2.05) is 24.3 Å². The van der Waals surface area contributed by atoms with Gasteiger partial charge in [0.15, 0.2) is 0 Å². The lowest BCUT2D eigenvalue weighted by Gasteiger charge is -2.07. The van der Waals surface area contributed by atoms with E-state index in [0.29, 0.717) is 13.1 Å². The number of hydrogen-bond donors (Lipinski definition) is 3. The maximum absolute atomic E-state index is 11.9. The summed E-state index contributed by atoms with van der Waals surface area (Å²) < 4.78 is 0. The molecule has 0 fully saturated rings. The van der Waals surface area contributed by atoms with E-state index in [9.17, 15) is 9.90 Å². The molecule has 0 unspecified atom stereocenters. The summed E-state index contributed by atoms with van der Waals surface area (Å²) in [5, 5.41) is 12.4. The highest BCUT2D eigenvalue weighted by molar-refractivity contribution is 5.96. The molecule has 0 aliphatic carbocycles. The first-order chi connectivity index (χ1) is 10.2. The quantitative estimate of drug-likeness (QED) is 0.748. The van der Waals surface area contributed by atoms with E-state index in [4.69, 9.17) is 5.73 Å². The van der Waals surface area contributed by atoms with Gasteiger partial charge in [0.05, 0.1) is 12.1 Å². The molecule has 4 N–H and O–H groups in total. The van der Waals surface area contributed by atoms with Crippen molar-refractivity contribution in [2.24, 2.45) is 5.73 Å². The monoisotopic (exact) mass is 280 g/mol. The summed E-state index contributed by atoms with van der Waals surface area (Å²) >= 11 is 0. The molecule has 21 heavy (non-hydrogen) atoms. The minimum atomic E-state index is -0.305. The summed E-state index contributed by atoms with van der Waals surface area (Å²) in [6.07, 6.45) is 0. The van der Waals surface area contributed by atoms with Crippen molar-refractivity contribution in [3.8, 4) is 17.6 Å². The Labute approximate surface area is 123 Å². The summed E-state index contributed by atoms with van der Waals surface area (Å²) in [5.74, 6) is 5.39. The van der Waals surface area contributed by atoms with E-state index in [-0.39, 0.29) is 17.2 Å². The van der Waals surface area contributed by atoms with Crippen LogP contribution in [0.3, 0.4) is 0 Å². The van der Waals surface area contributed by atoms with Crippen LogP contribution in [0.2, 0.25) is 0 Å². The summed E-state index contributed by atoms with van der Waals surface area (Å²) in [7, 11) is 0. The van der Waals surface area contributed by atoms with Gasteiger partial charge in [-0.1, -0.05) is 36.1 Å². The molecule has 1 amide bonds. The van der Waals surface area contributed by atoms with Crippen LogP contribution in [0.4, 0.5) is 0 Å². The summed E-state index contributed by atoms with van der Waals surface area (Å²) in [4.78, 5) is 11.9. The molecule has 0 saturated carbocycles. The molecular weight excluding hydrogens is 264 g/mol. The molecule has 0 aliphatic heterocycles. The fraction of sp³-hybridized carbons (Fsp3) is 0.118. The van der Waals surface area contributed by atoms with Crippen LogP contribution in [-0.4, -0.2) is 17.6 Å². The van der Waals surface area contributed by atoms with Gasteiger partial charge in [-0.25, -0.2) is 0 Å². The third-order valence-corrected chi connectivity index (χ3v) is 2.89. The Hall–Kier alpha value is -2.77. The predicted molar refractivity (Wildman–Crippen MR) is 81.7 cm³/mol. The van der Waals surface area contributed by atoms with E-state index in [0.717, 1.165) is 11.1 Å². The number of rotatable bonds is 3. The summed E-state index contributed by atoms with van der Waals surface area (Å²) in [6, 6.07) is 14.0. The van der Waals surface area contributed by atoms with E-state index >= 15 is 0 Å². The van der Waals surface area contributed by atoms with Crippen molar-refractivity contribution in [1.82, 2.24) is 5.32 Å². The van der Waals surface area contributed by atoms with Crippen LogP contribution >= 0.6 is 0 Å². The fourth-order valence-corrected chi connectivity index (χ4v) is 1.80. The highest BCUT2D eigenvalue weighted by atomic mass is 16.3. The molecule has 0 saturated heterocycles. The number of nitrogens with two attached hydrogens (primary N) is 1. The zero-order valence-electron chi connectivity index (χ0n) is 11.5. The average molecular weight is 280 g/mol. The number of nitrogens with one attached hydrogen (secondary N) is 1. The molecule has 2 aromatic carbocycles. The molecule has 0 aliphatic rings. The van der Waals surface area contributed by atoms with Gasteiger partial charge in [0.1, 0.15) is 5.75 Å². The van der Waals surface area contributed by atoms with Crippen LogP contribution in [0.15, 0.2) is 48.5 Å². The maximum atomic E-state index is 11.9. The second-order valence-corrected chi connectivity index (χ2v) is 4.40. The number of phenolic OH excluding ortho intramolecular Hbond substituents is 1. The summed E-state index contributed by atoms with van der Waals surface area (Å²) in [5.41, 5.74) is 7.42. The molecule has 0 bridgehead atoms. The smallest absolute Gasteiger partial charge is 0.255 e. The first-order valence-corrected chi connectivity index (χ1v) is 6.55. The van der Waals surface area contributed by atoms with Crippen LogP contribution in [-0.2, 0) is 6.54 Å². The third kappa shape index (κ3) is 4.10. The lowest BCUT2D eigenvalue weighted by molar-refractivity contribution is 0.0948. The normalized spacial score (nSPS) is 9.57. The highest BCUT2D eigenvalue weighted by Crippen LogP contribution is 2.15. The Bertz CT molecular complexity index is 682. The SMILES string of the molecule is NCC#Cc1ccc(CNC(=O)c2ccccc2O)cc1. The lowest BCUT2D eigenvalue weighted by Crippen LogP contribution is -2.22. The molecule has 0 heterocycles. The Morgan fingerprint density at radius 3 is 2.52 bits per heavy atom. The standard InChI is InChI=1S/C17H16N2O2/c18-11-3-4-13-7-9-14(10-8-13)12-19-17(21)15-5-1-2-6-16(15)20/h1-2,5-10,20H,11-12,18H2,(H,19,21). The first-order valence-electron chi connectivity index (χ1n) is 6.55. The first kappa shape index (κ1) is 14.6. The Balaban J connectivity index is 1.97. The van der Waals surface area contributed by atoms with Gasteiger partial charge < -0.3 is 16.2 Å². The van der Waals surface area contributed by atoms with Crippen LogP contribution in [0.25, 0.3) is 0 Å². The Kier molecular flexibility index (Phi) is 4.97. The average Bonchev–Trinajstić information content (AvgIpc) is 2.52. The number of benzene rings is 2. The molecule has 106 valence electrons. The molecule has 0 atom stereocenters. The molecule has 0 spiro atoms. The van der Waals surface area contributed by atoms with Crippen molar-refractivity contribution in [3.05, 3.63) is 65.2 Å². The highest BCUT2D eigenvalue weighted by Gasteiger charge is 2.09. The molecule has 2 aromatic rings. The third-order valence-electron chi connectivity index (χ3n) is 2.89. The van der Waals surface area contributed by atoms with Crippen molar-refractivity contribution in [2.75, 3.05) is 6.54 Å². The van der Waals surface area contributed by atoms with E-state index in [1.54, 1.807) is 18.2 Å². The van der Waals surface area contributed by atoms with Crippen molar-refractivity contribution < 1.29 is 9.90 Å². The van der Waals surface area contributed by atoms with E-state index < -0.39 is 0 Å². The van der Waals surface area contributed by atoms with Crippen molar-refractivity contribution in [2.45, 2.75) is 6.54 Å². The second-order valence-electron chi connectivity index (χ2n) is 4.40. The number of amides is 1. The zero-order valence-corrected chi connectivity index (χ0v) is 11.5. The minimum absolute atomic E-state index is 0.0255. The van der Waals surface area contributed by atoms with Crippen LogP contribution in [0.1, 0.15) is 21.5 Å². The number of carbonyl (C=O) groups is 1. The van der Waals surface area contributed by atoms with Crippen LogP contribution in [0.5, 0.6) is 5.75 Å². The topological polar surface area (TPSA) is 75.3 Å². The number of aromatic hydroxyl groups is 1. The van der Waals surface area contributed by atoms with Gasteiger partial charge in [-0.3, -0.25) is 4.79 Å². The summed E-state index contributed by atoms with van der Waals surface area (Å²) in [6.45, 7) is 0.718. The zero-order chi connectivity index (χ0) is 15.1. The van der Waals surface area contributed by atoms with Gasteiger partial charge >= 0.3 is 0 Å². The van der Waals surface area contributed by atoms with Gasteiger partial charge in [0, 0.05) is 12.1 Å². The number of hydrogen-bond acceptors (Lipinski definition) is 3. The van der Waals surface area contributed by atoms with Gasteiger partial charge in [0.2, 0.25) is 0 Å².